The Bertz CT molecular complexity index is 1170. The van der Waals surface area contributed by atoms with E-state index in [4.69, 9.17) is 16.3 Å². The minimum atomic E-state index is -4.78. The monoisotopic (exact) mass is 501 g/mol. The molecule has 0 radical (unpaired) electrons. The minimum Gasteiger partial charge on any atom is -0.465 e. The van der Waals surface area contributed by atoms with E-state index in [-0.39, 0.29) is 30.7 Å². The van der Waals surface area contributed by atoms with Gasteiger partial charge in [-0.1, -0.05) is 23.6 Å². The SMILES string of the molecule is CCOC(=O)CNCCc1nc2ccc(Cl)cn2c1C#Cc1cccc(OC(F)(F)F)c1.Cl. The number of ether oxygens (including phenoxy) is 2. The molecule has 0 saturated carbocycles. The lowest BCUT2D eigenvalue weighted by Gasteiger charge is -2.08. The van der Waals surface area contributed by atoms with E-state index in [0.717, 1.165) is 0 Å². The summed E-state index contributed by atoms with van der Waals surface area (Å²) in [5, 5.41) is 3.46. The molecule has 0 aliphatic carbocycles. The Labute approximate surface area is 199 Å². The molecule has 0 atom stereocenters. The number of esters is 1. The first-order valence-electron chi connectivity index (χ1n) is 9.66. The largest absolute Gasteiger partial charge is 0.573 e. The highest BCUT2D eigenvalue weighted by Crippen LogP contribution is 2.23. The highest BCUT2D eigenvalue weighted by atomic mass is 35.5. The smallest absolute Gasteiger partial charge is 0.465 e. The molecule has 6 nitrogen and oxygen atoms in total. The molecule has 2 aromatic heterocycles. The third-order valence-electron chi connectivity index (χ3n) is 4.16. The number of rotatable bonds is 7. The normalized spacial score (nSPS) is 10.8. The van der Waals surface area contributed by atoms with E-state index in [1.54, 1.807) is 35.7 Å². The van der Waals surface area contributed by atoms with Crippen LogP contribution in [0.4, 0.5) is 13.2 Å². The zero-order valence-corrected chi connectivity index (χ0v) is 19.0. The van der Waals surface area contributed by atoms with Gasteiger partial charge in [-0.05, 0) is 43.2 Å². The van der Waals surface area contributed by atoms with Crippen LogP contribution in [0.15, 0.2) is 42.6 Å². The molecule has 3 aromatic rings. The van der Waals surface area contributed by atoms with Crippen LogP contribution in [0.3, 0.4) is 0 Å². The van der Waals surface area contributed by atoms with Gasteiger partial charge in [0.1, 0.15) is 17.1 Å². The van der Waals surface area contributed by atoms with Gasteiger partial charge < -0.3 is 14.8 Å². The molecular weight excluding hydrogens is 482 g/mol. The molecule has 33 heavy (non-hydrogen) atoms. The van der Waals surface area contributed by atoms with Gasteiger partial charge in [-0.3, -0.25) is 9.20 Å². The zero-order valence-electron chi connectivity index (χ0n) is 17.4. The molecule has 0 saturated heterocycles. The van der Waals surface area contributed by atoms with Crippen molar-refractivity contribution in [3.63, 3.8) is 0 Å². The molecule has 0 unspecified atom stereocenters. The van der Waals surface area contributed by atoms with Crippen LogP contribution < -0.4 is 10.1 Å². The molecule has 0 fully saturated rings. The molecular formula is C22H20Cl2F3N3O3. The van der Waals surface area contributed by atoms with Gasteiger partial charge in [-0.25, -0.2) is 4.98 Å². The van der Waals surface area contributed by atoms with E-state index in [1.165, 1.54) is 18.2 Å². The van der Waals surface area contributed by atoms with Crippen molar-refractivity contribution in [2.24, 2.45) is 0 Å². The van der Waals surface area contributed by atoms with Gasteiger partial charge in [0, 0.05) is 24.7 Å². The second-order valence-electron chi connectivity index (χ2n) is 6.54. The molecule has 176 valence electrons. The van der Waals surface area contributed by atoms with E-state index in [1.807, 2.05) is 0 Å². The number of carbonyl (C=O) groups excluding carboxylic acids is 1. The topological polar surface area (TPSA) is 64.9 Å². The summed E-state index contributed by atoms with van der Waals surface area (Å²) in [6, 6.07) is 8.84. The Balaban J connectivity index is 0.00000385. The quantitative estimate of drug-likeness (QED) is 0.295. The maximum Gasteiger partial charge on any atom is 0.573 e. The van der Waals surface area contributed by atoms with E-state index < -0.39 is 6.36 Å². The van der Waals surface area contributed by atoms with Gasteiger partial charge in [-0.15, -0.1) is 25.6 Å². The predicted molar refractivity (Wildman–Crippen MR) is 120 cm³/mol. The molecule has 0 amide bonds. The average Bonchev–Trinajstić information content (AvgIpc) is 3.05. The van der Waals surface area contributed by atoms with Crippen molar-refractivity contribution < 1.29 is 27.4 Å². The number of pyridine rings is 1. The van der Waals surface area contributed by atoms with E-state index >= 15 is 0 Å². The van der Waals surface area contributed by atoms with Crippen molar-refractivity contribution in [3.05, 3.63) is 64.6 Å². The fourth-order valence-corrected chi connectivity index (χ4v) is 3.05. The van der Waals surface area contributed by atoms with Gasteiger partial charge in [0.2, 0.25) is 0 Å². The molecule has 0 aliphatic heterocycles. The number of hydrogen-bond acceptors (Lipinski definition) is 5. The number of alkyl halides is 3. The highest BCUT2D eigenvalue weighted by molar-refractivity contribution is 6.30. The number of nitrogens with one attached hydrogen (secondary N) is 1. The summed E-state index contributed by atoms with van der Waals surface area (Å²) in [7, 11) is 0. The number of carbonyl (C=O) groups is 1. The molecule has 3 rings (SSSR count). The van der Waals surface area contributed by atoms with Crippen LogP contribution in [0.25, 0.3) is 5.65 Å². The fourth-order valence-electron chi connectivity index (χ4n) is 2.89. The van der Waals surface area contributed by atoms with Gasteiger partial charge in [-0.2, -0.15) is 0 Å². The lowest BCUT2D eigenvalue weighted by atomic mass is 10.2. The molecule has 11 heteroatoms. The Morgan fingerprint density at radius 3 is 2.76 bits per heavy atom. The summed E-state index contributed by atoms with van der Waals surface area (Å²) in [6.07, 6.45) is -2.67. The van der Waals surface area contributed by atoms with Gasteiger partial charge in [0.05, 0.1) is 23.9 Å². The first-order valence-corrected chi connectivity index (χ1v) is 10.0. The summed E-state index contributed by atoms with van der Waals surface area (Å²) < 4.78 is 47.9. The maximum absolute atomic E-state index is 12.5. The van der Waals surface area contributed by atoms with Gasteiger partial charge in [0.25, 0.3) is 0 Å². The second kappa shape index (κ2) is 11.8. The standard InChI is InChI=1S/C22H19ClF3N3O3.ClH/c1-2-31-21(30)13-27-11-10-18-19(29-14-16(23)7-9-20(29)28-18)8-6-15-4-3-5-17(12-15)32-22(24,25)26;/h3-5,7,9,12,14,27H,2,10-11,13H2,1H3;1H. The third kappa shape index (κ3) is 7.86. The number of aromatic nitrogens is 2. The van der Waals surface area contributed by atoms with Crippen molar-refractivity contribution in [2.75, 3.05) is 19.7 Å². The first-order chi connectivity index (χ1) is 15.2. The lowest BCUT2D eigenvalue weighted by Crippen LogP contribution is -2.26. The predicted octanol–water partition coefficient (Wildman–Crippen LogP) is 4.40. The van der Waals surface area contributed by atoms with Crippen molar-refractivity contribution >= 4 is 35.6 Å². The van der Waals surface area contributed by atoms with Crippen molar-refractivity contribution in [2.45, 2.75) is 19.7 Å². The number of nitrogens with zero attached hydrogens (tertiary/aromatic N) is 2. The van der Waals surface area contributed by atoms with Crippen LogP contribution in [0.2, 0.25) is 5.02 Å². The summed E-state index contributed by atoms with van der Waals surface area (Å²) in [5.74, 6) is 5.13. The number of imidazole rings is 1. The van der Waals surface area contributed by atoms with Crippen molar-refractivity contribution in [3.8, 4) is 17.6 Å². The molecule has 2 heterocycles. The van der Waals surface area contributed by atoms with Crippen LogP contribution in [-0.4, -0.2) is 41.4 Å². The maximum atomic E-state index is 12.5. The number of halogens is 5. The number of hydrogen-bond donors (Lipinski definition) is 1. The third-order valence-corrected chi connectivity index (χ3v) is 4.38. The van der Waals surface area contributed by atoms with E-state index in [2.05, 4.69) is 26.9 Å². The van der Waals surface area contributed by atoms with Crippen LogP contribution in [-0.2, 0) is 16.0 Å². The van der Waals surface area contributed by atoms with E-state index in [0.29, 0.717) is 47.2 Å². The number of benzene rings is 1. The summed E-state index contributed by atoms with van der Waals surface area (Å²) >= 11 is 6.11. The van der Waals surface area contributed by atoms with Crippen molar-refractivity contribution in [1.29, 1.82) is 0 Å². The second-order valence-corrected chi connectivity index (χ2v) is 6.98. The summed E-state index contributed by atoms with van der Waals surface area (Å²) in [6.45, 7) is 2.55. The van der Waals surface area contributed by atoms with E-state index in [9.17, 15) is 18.0 Å². The van der Waals surface area contributed by atoms with Crippen LogP contribution in [0.1, 0.15) is 23.9 Å². The molecule has 0 aliphatic rings. The fraction of sp³-hybridized carbons (Fsp3) is 0.273. The minimum absolute atomic E-state index is 0. The summed E-state index contributed by atoms with van der Waals surface area (Å²) in [4.78, 5) is 16.0. The van der Waals surface area contributed by atoms with Crippen LogP contribution in [0, 0.1) is 11.8 Å². The van der Waals surface area contributed by atoms with Gasteiger partial charge in [0.15, 0.2) is 0 Å². The first kappa shape index (κ1) is 26.3. The molecule has 1 aromatic carbocycles. The van der Waals surface area contributed by atoms with Crippen LogP contribution in [0.5, 0.6) is 5.75 Å². The number of fused-ring (bicyclic) bond motifs is 1. The Morgan fingerprint density at radius 1 is 1.24 bits per heavy atom. The Hall–Kier alpha value is -2.93. The van der Waals surface area contributed by atoms with Crippen LogP contribution >= 0.6 is 24.0 Å². The lowest BCUT2D eigenvalue weighted by molar-refractivity contribution is -0.274. The zero-order chi connectivity index (χ0) is 23.1. The Kier molecular flexibility index (Phi) is 9.41. The molecule has 0 bridgehead atoms. The highest BCUT2D eigenvalue weighted by Gasteiger charge is 2.31. The summed E-state index contributed by atoms with van der Waals surface area (Å²) in [5.41, 5.74) is 2.16. The average molecular weight is 502 g/mol. The Morgan fingerprint density at radius 2 is 2.03 bits per heavy atom. The molecule has 1 N–H and O–H groups in total. The molecule has 0 spiro atoms. The van der Waals surface area contributed by atoms with Gasteiger partial charge >= 0.3 is 12.3 Å². The van der Waals surface area contributed by atoms with Crippen molar-refractivity contribution in [1.82, 2.24) is 14.7 Å².